The van der Waals surface area contributed by atoms with Crippen LogP contribution >= 0.6 is 11.6 Å². The summed E-state index contributed by atoms with van der Waals surface area (Å²) in [6, 6.07) is 5.46. The summed E-state index contributed by atoms with van der Waals surface area (Å²) < 4.78 is 18.5. The summed E-state index contributed by atoms with van der Waals surface area (Å²) in [4.78, 5) is 13.9. The molecule has 20 heavy (non-hydrogen) atoms. The van der Waals surface area contributed by atoms with Crippen molar-refractivity contribution in [3.8, 4) is 5.75 Å². The molecule has 2 rings (SSSR count). The fourth-order valence-electron chi connectivity index (χ4n) is 1.62. The molecule has 1 aromatic heterocycles. The lowest BCUT2D eigenvalue weighted by Gasteiger charge is -2.09. The maximum atomic E-state index is 13.0. The highest BCUT2D eigenvalue weighted by atomic mass is 35.5. The molecule has 0 aliphatic rings. The van der Waals surface area contributed by atoms with E-state index in [9.17, 15) is 14.5 Å². The molecule has 0 aliphatic heterocycles. The van der Waals surface area contributed by atoms with Gasteiger partial charge in [-0.1, -0.05) is 0 Å². The molecule has 1 heterocycles. The van der Waals surface area contributed by atoms with E-state index in [-0.39, 0.29) is 18.2 Å². The maximum absolute atomic E-state index is 13.0. The average molecular weight is 297 g/mol. The van der Waals surface area contributed by atoms with Crippen LogP contribution in [0.25, 0.3) is 0 Å². The molecule has 0 N–H and O–H groups in total. The number of nitrogens with zero attached hydrogens (tertiary/aromatic N) is 2. The summed E-state index contributed by atoms with van der Waals surface area (Å²) in [5.74, 6) is 0.0560. The lowest BCUT2D eigenvalue weighted by atomic mass is 10.2. The lowest BCUT2D eigenvalue weighted by molar-refractivity contribution is -0.384. The minimum atomic E-state index is -0.504. The van der Waals surface area contributed by atoms with Gasteiger partial charge in [0, 0.05) is 29.5 Å². The molecule has 7 heteroatoms. The molecule has 0 saturated heterocycles. The molecule has 0 aliphatic carbocycles. The van der Waals surface area contributed by atoms with Gasteiger partial charge in [0.25, 0.3) is 5.69 Å². The molecule has 0 radical (unpaired) electrons. The predicted molar refractivity (Wildman–Crippen MR) is 71.2 cm³/mol. The SMILES string of the molecule is O=[N+]([O-])c1ccc(OCc2cncc(F)c2)c(CCl)c1. The average Bonchev–Trinajstić information content (AvgIpc) is 2.45. The first-order valence-corrected chi connectivity index (χ1v) is 6.19. The Morgan fingerprint density at radius 3 is 2.80 bits per heavy atom. The number of nitro groups is 1. The van der Waals surface area contributed by atoms with Crippen LogP contribution in [0.5, 0.6) is 5.75 Å². The zero-order valence-corrected chi connectivity index (χ0v) is 11.0. The van der Waals surface area contributed by atoms with Gasteiger partial charge in [0.2, 0.25) is 0 Å². The van der Waals surface area contributed by atoms with Gasteiger partial charge in [-0.15, -0.1) is 11.6 Å². The fraction of sp³-hybridized carbons (Fsp3) is 0.154. The summed E-state index contributed by atoms with van der Waals surface area (Å²) in [5, 5.41) is 10.7. The van der Waals surface area contributed by atoms with Gasteiger partial charge in [0.05, 0.1) is 17.0 Å². The second kappa shape index (κ2) is 6.29. The molecule has 104 valence electrons. The highest BCUT2D eigenvalue weighted by molar-refractivity contribution is 6.17. The number of hydrogen-bond acceptors (Lipinski definition) is 4. The van der Waals surface area contributed by atoms with E-state index < -0.39 is 10.7 Å². The number of halogens is 2. The Bertz CT molecular complexity index is 637. The smallest absolute Gasteiger partial charge is 0.270 e. The highest BCUT2D eigenvalue weighted by Crippen LogP contribution is 2.26. The zero-order valence-electron chi connectivity index (χ0n) is 10.3. The number of non-ortho nitro benzene ring substituents is 1. The van der Waals surface area contributed by atoms with Crippen molar-refractivity contribution >= 4 is 17.3 Å². The molecular weight excluding hydrogens is 287 g/mol. The third-order valence-corrected chi connectivity index (χ3v) is 2.84. The highest BCUT2D eigenvalue weighted by Gasteiger charge is 2.11. The van der Waals surface area contributed by atoms with E-state index in [1.54, 1.807) is 0 Å². The second-order valence-electron chi connectivity index (χ2n) is 3.98. The third kappa shape index (κ3) is 3.42. The Labute approximate surface area is 119 Å². The molecular formula is C13H10ClFN2O3. The molecule has 0 amide bonds. The van der Waals surface area contributed by atoms with E-state index in [2.05, 4.69) is 4.98 Å². The molecule has 0 fully saturated rings. The number of pyridine rings is 1. The van der Waals surface area contributed by atoms with Crippen LogP contribution in [0.2, 0.25) is 0 Å². The fourth-order valence-corrected chi connectivity index (χ4v) is 1.83. The number of benzene rings is 1. The first-order chi connectivity index (χ1) is 9.60. The van der Waals surface area contributed by atoms with Crippen LogP contribution in [0.3, 0.4) is 0 Å². The third-order valence-electron chi connectivity index (χ3n) is 2.55. The van der Waals surface area contributed by atoms with Crippen molar-refractivity contribution < 1.29 is 14.1 Å². The number of ether oxygens (including phenoxy) is 1. The molecule has 0 atom stereocenters. The Morgan fingerprint density at radius 1 is 1.35 bits per heavy atom. The van der Waals surface area contributed by atoms with Crippen LogP contribution in [0.15, 0.2) is 36.7 Å². The van der Waals surface area contributed by atoms with Crippen molar-refractivity contribution in [3.63, 3.8) is 0 Å². The van der Waals surface area contributed by atoms with E-state index in [1.165, 1.54) is 30.5 Å². The summed E-state index contributed by atoms with van der Waals surface area (Å²) >= 11 is 5.74. The number of nitro benzene ring substituents is 1. The molecule has 0 unspecified atom stereocenters. The van der Waals surface area contributed by atoms with E-state index in [0.29, 0.717) is 16.9 Å². The van der Waals surface area contributed by atoms with Crippen LogP contribution in [0, 0.1) is 15.9 Å². The largest absolute Gasteiger partial charge is 0.489 e. The van der Waals surface area contributed by atoms with E-state index in [0.717, 1.165) is 6.20 Å². The Kier molecular flexibility index (Phi) is 4.47. The van der Waals surface area contributed by atoms with Crippen LogP contribution in [-0.2, 0) is 12.5 Å². The molecule has 1 aromatic carbocycles. The van der Waals surface area contributed by atoms with Gasteiger partial charge in [0.15, 0.2) is 0 Å². The van der Waals surface area contributed by atoms with E-state index in [1.807, 2.05) is 0 Å². The van der Waals surface area contributed by atoms with Gasteiger partial charge in [0.1, 0.15) is 18.2 Å². The lowest BCUT2D eigenvalue weighted by Crippen LogP contribution is -2.00. The van der Waals surface area contributed by atoms with Crippen molar-refractivity contribution in [1.82, 2.24) is 4.98 Å². The topological polar surface area (TPSA) is 65.3 Å². The summed E-state index contributed by atoms with van der Waals surface area (Å²) in [7, 11) is 0. The van der Waals surface area contributed by atoms with Crippen molar-refractivity contribution in [3.05, 3.63) is 63.7 Å². The van der Waals surface area contributed by atoms with Crippen LogP contribution in [-0.4, -0.2) is 9.91 Å². The predicted octanol–water partition coefficient (Wildman–Crippen LogP) is 3.45. The Balaban J connectivity index is 2.15. The van der Waals surface area contributed by atoms with E-state index in [4.69, 9.17) is 16.3 Å². The molecule has 0 spiro atoms. The van der Waals surface area contributed by atoms with Crippen LogP contribution in [0.4, 0.5) is 10.1 Å². The zero-order chi connectivity index (χ0) is 14.5. The van der Waals surface area contributed by atoms with Gasteiger partial charge < -0.3 is 4.74 Å². The molecule has 2 aromatic rings. The maximum Gasteiger partial charge on any atom is 0.270 e. The quantitative estimate of drug-likeness (QED) is 0.481. The van der Waals surface area contributed by atoms with Gasteiger partial charge >= 0.3 is 0 Å². The van der Waals surface area contributed by atoms with Gasteiger partial charge in [-0.3, -0.25) is 15.1 Å². The number of hydrogen-bond donors (Lipinski definition) is 0. The summed E-state index contributed by atoms with van der Waals surface area (Å²) in [6.07, 6.45) is 2.58. The standard InChI is InChI=1S/C13H10ClFN2O3/c14-5-10-4-12(17(18)19)1-2-13(10)20-8-9-3-11(15)7-16-6-9/h1-4,6-7H,5,8H2. The normalized spacial score (nSPS) is 10.3. The monoisotopic (exact) mass is 296 g/mol. The van der Waals surface area contributed by atoms with Crippen molar-refractivity contribution in [2.45, 2.75) is 12.5 Å². The van der Waals surface area contributed by atoms with Gasteiger partial charge in [-0.2, -0.15) is 0 Å². The Morgan fingerprint density at radius 2 is 2.15 bits per heavy atom. The van der Waals surface area contributed by atoms with Gasteiger partial charge in [-0.05, 0) is 12.1 Å². The van der Waals surface area contributed by atoms with Crippen LogP contribution in [0.1, 0.15) is 11.1 Å². The molecule has 5 nitrogen and oxygen atoms in total. The van der Waals surface area contributed by atoms with Crippen molar-refractivity contribution in [1.29, 1.82) is 0 Å². The molecule has 0 bridgehead atoms. The first kappa shape index (κ1) is 14.2. The van der Waals surface area contributed by atoms with Gasteiger partial charge in [-0.25, -0.2) is 4.39 Å². The van der Waals surface area contributed by atoms with Crippen molar-refractivity contribution in [2.75, 3.05) is 0 Å². The Hall–Kier alpha value is -2.21. The minimum absolute atomic E-state index is 0.0552. The summed E-state index contributed by atoms with van der Waals surface area (Å²) in [5.41, 5.74) is 1.01. The first-order valence-electron chi connectivity index (χ1n) is 5.65. The van der Waals surface area contributed by atoms with Crippen molar-refractivity contribution in [2.24, 2.45) is 0 Å². The van der Waals surface area contributed by atoms with E-state index >= 15 is 0 Å². The second-order valence-corrected chi connectivity index (χ2v) is 4.25. The number of rotatable bonds is 5. The molecule has 0 saturated carbocycles. The van der Waals surface area contributed by atoms with Crippen LogP contribution < -0.4 is 4.74 Å². The summed E-state index contributed by atoms with van der Waals surface area (Å²) in [6.45, 7) is 0.104. The number of aromatic nitrogens is 1. The minimum Gasteiger partial charge on any atom is -0.489 e. The number of alkyl halides is 1.